The number of aromatic carboxylic acids is 1. The zero-order valence-corrected chi connectivity index (χ0v) is 13.3. The smallest absolute Gasteiger partial charge is 0.335 e. The van der Waals surface area contributed by atoms with Crippen molar-refractivity contribution in [3.05, 3.63) is 101 Å². The van der Waals surface area contributed by atoms with E-state index in [4.69, 9.17) is 0 Å². The van der Waals surface area contributed by atoms with Gasteiger partial charge in [0, 0.05) is 11.3 Å². The predicted octanol–water partition coefficient (Wildman–Crippen LogP) is 3.67. The first-order valence-electron chi connectivity index (χ1n) is 7.94. The summed E-state index contributed by atoms with van der Waals surface area (Å²) in [6, 6.07) is 23.7. The number of nitrogens with one attached hydrogen (secondary N) is 1. The van der Waals surface area contributed by atoms with Crippen LogP contribution in [0.5, 0.6) is 0 Å². The summed E-state index contributed by atoms with van der Waals surface area (Å²) in [5, 5.41) is 12.3. The van der Waals surface area contributed by atoms with Crippen molar-refractivity contribution in [2.24, 2.45) is 0 Å². The van der Waals surface area contributed by atoms with Gasteiger partial charge >= 0.3 is 5.97 Å². The average molecular weight is 329 g/mol. The van der Waals surface area contributed by atoms with Crippen molar-refractivity contribution in [3.8, 4) is 0 Å². The molecule has 0 fully saturated rings. The van der Waals surface area contributed by atoms with Crippen LogP contribution in [0.1, 0.15) is 27.0 Å². The van der Waals surface area contributed by atoms with Crippen molar-refractivity contribution >= 4 is 17.6 Å². The molecular weight excluding hydrogens is 314 g/mol. The van der Waals surface area contributed by atoms with E-state index in [-0.39, 0.29) is 11.5 Å². The third kappa shape index (κ3) is 2.15. The summed E-state index contributed by atoms with van der Waals surface area (Å²) < 4.78 is 0. The molecule has 1 amide bonds. The summed E-state index contributed by atoms with van der Waals surface area (Å²) in [5.74, 6) is -1.19. The second-order valence-electron chi connectivity index (χ2n) is 6.00. The van der Waals surface area contributed by atoms with E-state index in [1.54, 1.807) is 12.1 Å². The van der Waals surface area contributed by atoms with Gasteiger partial charge in [-0.1, -0.05) is 60.7 Å². The maximum absolute atomic E-state index is 13.2. The summed E-state index contributed by atoms with van der Waals surface area (Å²) in [6.07, 6.45) is 0. The van der Waals surface area contributed by atoms with Gasteiger partial charge in [0.15, 0.2) is 0 Å². The second-order valence-corrected chi connectivity index (χ2v) is 6.00. The van der Waals surface area contributed by atoms with Crippen LogP contribution >= 0.6 is 0 Å². The van der Waals surface area contributed by atoms with E-state index in [2.05, 4.69) is 5.32 Å². The van der Waals surface area contributed by atoms with Crippen molar-refractivity contribution in [2.75, 3.05) is 5.32 Å². The number of amides is 1. The Labute approximate surface area is 144 Å². The van der Waals surface area contributed by atoms with Crippen LogP contribution in [0, 0.1) is 0 Å². The molecule has 0 aromatic heterocycles. The number of carbonyl (C=O) groups excluding carboxylic acids is 1. The number of benzene rings is 3. The zero-order valence-electron chi connectivity index (χ0n) is 13.3. The number of carbonyl (C=O) groups is 2. The summed E-state index contributed by atoms with van der Waals surface area (Å²) in [5.41, 5.74) is 2.01. The van der Waals surface area contributed by atoms with Gasteiger partial charge in [0.1, 0.15) is 5.41 Å². The minimum Gasteiger partial charge on any atom is -0.478 e. The van der Waals surface area contributed by atoms with E-state index in [0.29, 0.717) is 11.3 Å². The molecule has 0 radical (unpaired) electrons. The number of rotatable bonds is 3. The maximum Gasteiger partial charge on any atom is 0.335 e. The Balaban J connectivity index is 2.09. The lowest BCUT2D eigenvalue weighted by Crippen LogP contribution is -2.37. The van der Waals surface area contributed by atoms with E-state index in [0.717, 1.165) is 11.1 Å². The Morgan fingerprint density at radius 1 is 0.840 bits per heavy atom. The molecule has 1 heterocycles. The molecule has 0 saturated carbocycles. The normalized spacial score (nSPS) is 14.6. The predicted molar refractivity (Wildman–Crippen MR) is 94.8 cm³/mol. The Morgan fingerprint density at radius 3 is 1.92 bits per heavy atom. The number of hydrogen-bond donors (Lipinski definition) is 2. The van der Waals surface area contributed by atoms with Crippen molar-refractivity contribution in [1.29, 1.82) is 0 Å². The number of fused-ring (bicyclic) bond motifs is 1. The summed E-state index contributed by atoms with van der Waals surface area (Å²) in [6.45, 7) is 0. The van der Waals surface area contributed by atoms with Gasteiger partial charge in [-0.15, -0.1) is 0 Å². The summed E-state index contributed by atoms with van der Waals surface area (Å²) >= 11 is 0. The minimum absolute atomic E-state index is 0.159. The van der Waals surface area contributed by atoms with Crippen LogP contribution in [0.4, 0.5) is 5.69 Å². The molecule has 0 unspecified atom stereocenters. The van der Waals surface area contributed by atoms with Crippen LogP contribution in [0.3, 0.4) is 0 Å². The van der Waals surface area contributed by atoms with Gasteiger partial charge in [-0.2, -0.15) is 0 Å². The molecule has 0 aliphatic carbocycles. The fraction of sp³-hybridized carbons (Fsp3) is 0.0476. The SMILES string of the molecule is O=C(O)c1ccc2c(c1)C(c1ccccc1)(c1ccccc1)C(=O)N2. The Kier molecular flexibility index (Phi) is 3.39. The maximum atomic E-state index is 13.2. The minimum atomic E-state index is -1.07. The molecule has 4 rings (SSSR count). The highest BCUT2D eigenvalue weighted by Gasteiger charge is 2.49. The topological polar surface area (TPSA) is 66.4 Å². The first kappa shape index (κ1) is 15.1. The van der Waals surface area contributed by atoms with Gasteiger partial charge in [-0.05, 0) is 29.3 Å². The number of carboxylic acid groups (broad SMARTS) is 1. The van der Waals surface area contributed by atoms with E-state index in [1.807, 2.05) is 60.7 Å². The van der Waals surface area contributed by atoms with Crippen LogP contribution in [0.15, 0.2) is 78.9 Å². The summed E-state index contributed by atoms with van der Waals surface area (Å²) in [7, 11) is 0. The highest BCUT2D eigenvalue weighted by Crippen LogP contribution is 2.47. The molecule has 25 heavy (non-hydrogen) atoms. The van der Waals surface area contributed by atoms with E-state index in [9.17, 15) is 14.7 Å². The highest BCUT2D eigenvalue weighted by atomic mass is 16.4. The number of hydrogen-bond acceptors (Lipinski definition) is 2. The molecule has 4 nitrogen and oxygen atoms in total. The lowest BCUT2D eigenvalue weighted by Gasteiger charge is -2.29. The van der Waals surface area contributed by atoms with Crippen molar-refractivity contribution in [1.82, 2.24) is 0 Å². The highest BCUT2D eigenvalue weighted by molar-refractivity contribution is 6.12. The fourth-order valence-corrected chi connectivity index (χ4v) is 3.55. The van der Waals surface area contributed by atoms with Gasteiger partial charge in [0.05, 0.1) is 5.56 Å². The van der Waals surface area contributed by atoms with Gasteiger partial charge < -0.3 is 10.4 Å². The molecule has 1 aliphatic heterocycles. The molecule has 2 N–H and O–H groups in total. The van der Waals surface area contributed by atoms with Gasteiger partial charge in [0.25, 0.3) is 0 Å². The van der Waals surface area contributed by atoms with E-state index < -0.39 is 11.4 Å². The van der Waals surface area contributed by atoms with Crippen LogP contribution in [-0.2, 0) is 10.2 Å². The van der Waals surface area contributed by atoms with Crippen molar-refractivity contribution in [3.63, 3.8) is 0 Å². The number of anilines is 1. The molecule has 122 valence electrons. The Morgan fingerprint density at radius 2 is 1.40 bits per heavy atom. The van der Waals surface area contributed by atoms with Crippen molar-refractivity contribution < 1.29 is 14.7 Å². The van der Waals surface area contributed by atoms with E-state index in [1.165, 1.54) is 6.07 Å². The first-order valence-corrected chi connectivity index (χ1v) is 7.94. The average Bonchev–Trinajstić information content (AvgIpc) is 2.95. The molecule has 0 saturated heterocycles. The van der Waals surface area contributed by atoms with Gasteiger partial charge in [-0.3, -0.25) is 4.79 Å². The molecule has 0 atom stereocenters. The third-order valence-corrected chi connectivity index (χ3v) is 4.67. The van der Waals surface area contributed by atoms with Crippen molar-refractivity contribution in [2.45, 2.75) is 5.41 Å². The molecule has 4 heteroatoms. The van der Waals surface area contributed by atoms with Crippen LogP contribution in [-0.4, -0.2) is 17.0 Å². The molecule has 0 bridgehead atoms. The molecular formula is C21H15NO3. The van der Waals surface area contributed by atoms with Gasteiger partial charge in [0.2, 0.25) is 5.91 Å². The lowest BCUT2D eigenvalue weighted by atomic mass is 9.70. The van der Waals surface area contributed by atoms with Crippen LogP contribution < -0.4 is 5.32 Å². The number of carboxylic acids is 1. The van der Waals surface area contributed by atoms with Crippen LogP contribution in [0.2, 0.25) is 0 Å². The molecule has 0 spiro atoms. The lowest BCUT2D eigenvalue weighted by molar-refractivity contribution is -0.118. The second kappa shape index (κ2) is 5.60. The Hall–Kier alpha value is -3.40. The monoisotopic (exact) mass is 329 g/mol. The van der Waals surface area contributed by atoms with Crippen LogP contribution in [0.25, 0.3) is 0 Å². The van der Waals surface area contributed by atoms with Gasteiger partial charge in [-0.25, -0.2) is 4.79 Å². The molecule has 3 aromatic rings. The Bertz CT molecular complexity index is 925. The standard InChI is InChI=1S/C21H15NO3/c23-19(24)14-11-12-18-17(13-14)21(20(25)22-18,15-7-3-1-4-8-15)16-9-5-2-6-10-16/h1-13H,(H,22,25)(H,23,24). The molecule has 1 aliphatic rings. The quantitative estimate of drug-likeness (QED) is 0.770. The first-order chi connectivity index (χ1) is 12.1. The third-order valence-electron chi connectivity index (χ3n) is 4.67. The van der Waals surface area contributed by atoms with E-state index >= 15 is 0 Å². The zero-order chi connectivity index (χ0) is 17.4. The fourth-order valence-electron chi connectivity index (χ4n) is 3.55. The largest absolute Gasteiger partial charge is 0.478 e. The summed E-state index contributed by atoms with van der Waals surface area (Å²) in [4.78, 5) is 24.6. The molecule has 3 aromatic carbocycles.